The van der Waals surface area contributed by atoms with E-state index in [1.165, 1.54) is 23.2 Å². The van der Waals surface area contributed by atoms with Crippen LogP contribution < -0.4 is 10.2 Å². The van der Waals surface area contributed by atoms with Gasteiger partial charge in [0, 0.05) is 6.04 Å². The Bertz CT molecular complexity index is 719. The molecule has 1 aliphatic heterocycles. The Balaban J connectivity index is 1.81. The second-order valence-corrected chi connectivity index (χ2v) is 9.54. The number of rotatable bonds is 9. The van der Waals surface area contributed by atoms with E-state index in [2.05, 4.69) is 12.2 Å². The van der Waals surface area contributed by atoms with Gasteiger partial charge in [0.15, 0.2) is 6.54 Å². The number of nitrogens with zero attached hydrogens (tertiary/aromatic N) is 1. The highest BCUT2D eigenvalue weighted by Gasteiger charge is 2.32. The Kier molecular flexibility index (Phi) is 8.54. The molecule has 1 aromatic rings. The van der Waals surface area contributed by atoms with E-state index in [1.54, 1.807) is 18.2 Å². The average molecular weight is 417 g/mol. The zero-order chi connectivity index (χ0) is 19.9. The fourth-order valence-corrected chi connectivity index (χ4v) is 5.27. The van der Waals surface area contributed by atoms with E-state index in [0.717, 1.165) is 17.7 Å². The molecule has 0 saturated carbocycles. The van der Waals surface area contributed by atoms with Crippen molar-refractivity contribution in [2.45, 2.75) is 50.5 Å². The fourth-order valence-electron chi connectivity index (χ4n) is 3.34. The van der Waals surface area contributed by atoms with Gasteiger partial charge in [0.25, 0.3) is 5.91 Å². The van der Waals surface area contributed by atoms with Crippen molar-refractivity contribution in [3.8, 4) is 0 Å². The summed E-state index contributed by atoms with van der Waals surface area (Å²) in [6.07, 6.45) is 4.49. The number of quaternary nitrogens is 1. The van der Waals surface area contributed by atoms with Gasteiger partial charge >= 0.3 is 0 Å². The number of hydrogen-bond acceptors (Lipinski definition) is 3. The number of halogens is 1. The van der Waals surface area contributed by atoms with Crippen molar-refractivity contribution in [1.82, 2.24) is 9.62 Å². The number of benzene rings is 1. The highest BCUT2D eigenvalue weighted by atomic mass is 35.5. The summed E-state index contributed by atoms with van der Waals surface area (Å²) in [5.74, 6) is 0.0383. The first kappa shape index (κ1) is 22.1. The van der Waals surface area contributed by atoms with Gasteiger partial charge in [0.2, 0.25) is 10.0 Å². The Morgan fingerprint density at radius 3 is 2.56 bits per heavy atom. The normalized spacial score (nSPS) is 17.6. The zero-order valence-corrected chi connectivity index (χ0v) is 17.8. The predicted octanol–water partition coefficient (Wildman–Crippen LogP) is 1.31. The van der Waals surface area contributed by atoms with Gasteiger partial charge < -0.3 is 10.2 Å². The van der Waals surface area contributed by atoms with E-state index >= 15 is 0 Å². The molecule has 8 heteroatoms. The van der Waals surface area contributed by atoms with Crippen LogP contribution >= 0.6 is 11.6 Å². The summed E-state index contributed by atoms with van der Waals surface area (Å²) >= 11 is 6.06. The maximum Gasteiger partial charge on any atom is 0.275 e. The average Bonchev–Trinajstić information content (AvgIpc) is 2.62. The molecule has 1 amide bonds. The molecule has 0 radical (unpaired) electrons. The van der Waals surface area contributed by atoms with Gasteiger partial charge in [0.05, 0.1) is 31.2 Å². The third-order valence-corrected chi connectivity index (χ3v) is 7.34. The monoisotopic (exact) mass is 416 g/mol. The SMILES string of the molecule is CCCCC[C@@H](C)NC(=O)C[NH+]1CCN(S(=O)(=O)c2ccccc2Cl)CC1. The van der Waals surface area contributed by atoms with E-state index in [0.29, 0.717) is 32.7 Å². The standard InChI is InChI=1S/C19H30ClN3O3S/c1-3-4-5-8-16(2)21-19(24)15-22-11-13-23(14-12-22)27(25,26)18-10-7-6-9-17(18)20/h6-7,9-10,16H,3-5,8,11-15H2,1-2H3,(H,21,24)/p+1/t16-/m1/s1. The van der Waals surface area contributed by atoms with Crippen LogP contribution in [0.25, 0.3) is 0 Å². The molecule has 0 aromatic heterocycles. The minimum atomic E-state index is -3.59. The second-order valence-electron chi connectivity index (χ2n) is 7.23. The largest absolute Gasteiger partial charge is 0.349 e. The third-order valence-electron chi connectivity index (χ3n) is 4.94. The van der Waals surface area contributed by atoms with Gasteiger partial charge in [-0.2, -0.15) is 4.31 Å². The third kappa shape index (κ3) is 6.45. The molecule has 1 aliphatic rings. The predicted molar refractivity (Wildman–Crippen MR) is 108 cm³/mol. The first-order valence-electron chi connectivity index (χ1n) is 9.72. The smallest absolute Gasteiger partial charge is 0.275 e. The molecule has 1 saturated heterocycles. The van der Waals surface area contributed by atoms with Crippen LogP contribution in [0.5, 0.6) is 0 Å². The molecule has 2 rings (SSSR count). The fraction of sp³-hybridized carbons (Fsp3) is 0.632. The highest BCUT2D eigenvalue weighted by molar-refractivity contribution is 7.89. The summed E-state index contributed by atoms with van der Waals surface area (Å²) in [5, 5.41) is 3.29. The number of amides is 1. The van der Waals surface area contributed by atoms with Gasteiger partial charge in [0.1, 0.15) is 4.90 Å². The minimum Gasteiger partial charge on any atom is -0.349 e. The summed E-state index contributed by atoms with van der Waals surface area (Å²) in [6.45, 7) is 6.60. The van der Waals surface area contributed by atoms with Gasteiger partial charge in [-0.15, -0.1) is 0 Å². The number of carbonyl (C=O) groups is 1. The van der Waals surface area contributed by atoms with Crippen LogP contribution in [0.15, 0.2) is 29.2 Å². The van der Waals surface area contributed by atoms with Crippen LogP contribution in [0.3, 0.4) is 0 Å². The molecule has 1 fully saturated rings. The summed E-state index contributed by atoms with van der Waals surface area (Å²) in [5.41, 5.74) is 0. The quantitative estimate of drug-likeness (QED) is 0.596. The molecule has 1 aromatic carbocycles. The maximum absolute atomic E-state index is 12.8. The van der Waals surface area contributed by atoms with Crippen molar-refractivity contribution in [2.24, 2.45) is 0 Å². The molecule has 0 aliphatic carbocycles. The molecule has 2 N–H and O–H groups in total. The van der Waals surface area contributed by atoms with Crippen molar-refractivity contribution in [3.05, 3.63) is 29.3 Å². The van der Waals surface area contributed by atoms with Crippen LogP contribution in [0.2, 0.25) is 5.02 Å². The lowest BCUT2D eigenvalue weighted by molar-refractivity contribution is -0.895. The van der Waals surface area contributed by atoms with Crippen LogP contribution in [-0.4, -0.2) is 57.4 Å². The molecule has 6 nitrogen and oxygen atoms in total. The van der Waals surface area contributed by atoms with Crippen LogP contribution in [0.4, 0.5) is 0 Å². The molecule has 0 spiro atoms. The van der Waals surface area contributed by atoms with E-state index in [1.807, 2.05) is 6.92 Å². The van der Waals surface area contributed by atoms with E-state index < -0.39 is 10.0 Å². The number of carbonyl (C=O) groups excluding carboxylic acids is 1. The Labute approximate surface area is 167 Å². The number of nitrogens with one attached hydrogen (secondary N) is 2. The van der Waals surface area contributed by atoms with Crippen LogP contribution in [-0.2, 0) is 14.8 Å². The maximum atomic E-state index is 12.8. The van der Waals surface area contributed by atoms with E-state index in [-0.39, 0.29) is 21.9 Å². The van der Waals surface area contributed by atoms with Crippen molar-refractivity contribution < 1.29 is 18.1 Å². The molecular weight excluding hydrogens is 386 g/mol. The number of sulfonamides is 1. The summed E-state index contributed by atoms with van der Waals surface area (Å²) < 4.78 is 27.0. The Morgan fingerprint density at radius 2 is 1.93 bits per heavy atom. The van der Waals surface area contributed by atoms with Crippen LogP contribution in [0, 0.1) is 0 Å². The lowest BCUT2D eigenvalue weighted by Crippen LogP contribution is -3.15. The molecule has 152 valence electrons. The van der Waals surface area contributed by atoms with E-state index in [9.17, 15) is 13.2 Å². The topological polar surface area (TPSA) is 70.9 Å². The second kappa shape index (κ2) is 10.4. The highest BCUT2D eigenvalue weighted by Crippen LogP contribution is 2.23. The first-order valence-corrected chi connectivity index (χ1v) is 11.5. The molecule has 27 heavy (non-hydrogen) atoms. The van der Waals surface area contributed by atoms with Crippen molar-refractivity contribution in [1.29, 1.82) is 0 Å². The van der Waals surface area contributed by atoms with Crippen molar-refractivity contribution in [3.63, 3.8) is 0 Å². The number of unbranched alkanes of at least 4 members (excludes halogenated alkanes) is 2. The van der Waals surface area contributed by atoms with Gasteiger partial charge in [-0.05, 0) is 25.5 Å². The van der Waals surface area contributed by atoms with Crippen LogP contribution in [0.1, 0.15) is 39.5 Å². The molecule has 0 bridgehead atoms. The summed E-state index contributed by atoms with van der Waals surface area (Å²) in [6, 6.07) is 6.69. The Morgan fingerprint density at radius 1 is 1.26 bits per heavy atom. The van der Waals surface area contributed by atoms with Crippen molar-refractivity contribution >= 4 is 27.5 Å². The summed E-state index contributed by atoms with van der Waals surface area (Å²) in [7, 11) is -3.59. The lowest BCUT2D eigenvalue weighted by Gasteiger charge is -2.31. The number of piperazine rings is 1. The van der Waals surface area contributed by atoms with E-state index in [4.69, 9.17) is 11.6 Å². The molecule has 1 heterocycles. The zero-order valence-electron chi connectivity index (χ0n) is 16.2. The van der Waals surface area contributed by atoms with Gasteiger partial charge in [-0.25, -0.2) is 8.42 Å². The number of hydrogen-bond donors (Lipinski definition) is 2. The minimum absolute atomic E-state index is 0.0383. The molecular formula is C19H31ClN3O3S+. The molecule has 0 unspecified atom stereocenters. The molecule has 1 atom stereocenters. The lowest BCUT2D eigenvalue weighted by atomic mass is 10.1. The van der Waals surface area contributed by atoms with Gasteiger partial charge in [-0.3, -0.25) is 4.79 Å². The van der Waals surface area contributed by atoms with Crippen molar-refractivity contribution in [2.75, 3.05) is 32.7 Å². The van der Waals surface area contributed by atoms with Gasteiger partial charge in [-0.1, -0.05) is 49.9 Å². The first-order chi connectivity index (χ1) is 12.8. The Hall–Kier alpha value is -1.15. The summed E-state index contributed by atoms with van der Waals surface area (Å²) in [4.78, 5) is 13.5.